The Labute approximate surface area is 67.4 Å². The highest BCUT2D eigenvalue weighted by Crippen LogP contribution is 2.11. The van der Waals surface area contributed by atoms with E-state index in [2.05, 4.69) is 6.58 Å². The van der Waals surface area contributed by atoms with E-state index in [9.17, 15) is 4.79 Å². The fraction of sp³-hybridized carbons (Fsp3) is 0.625. The van der Waals surface area contributed by atoms with Crippen LogP contribution in [0.3, 0.4) is 0 Å². The van der Waals surface area contributed by atoms with Gasteiger partial charge in [0.15, 0.2) is 0 Å². The van der Waals surface area contributed by atoms with E-state index in [1.165, 1.54) is 0 Å². The molecule has 0 saturated carbocycles. The van der Waals surface area contributed by atoms with Crippen LogP contribution in [0.25, 0.3) is 0 Å². The first-order chi connectivity index (χ1) is 4.83. The third-order valence-electron chi connectivity index (χ3n) is 1.42. The zero-order chi connectivity index (χ0) is 9.07. The summed E-state index contributed by atoms with van der Waals surface area (Å²) in [5.74, 6) is -0.436. The molecular formula is C8H16N2O. The molecule has 0 atom stereocenters. The van der Waals surface area contributed by atoms with Gasteiger partial charge in [-0.15, -0.1) is 0 Å². The first kappa shape index (κ1) is 10.2. The lowest BCUT2D eigenvalue weighted by Gasteiger charge is -2.17. The predicted molar refractivity (Wildman–Crippen MR) is 45.8 cm³/mol. The molecule has 3 nitrogen and oxygen atoms in total. The molecule has 0 fully saturated rings. The molecule has 0 aliphatic heterocycles. The summed E-state index contributed by atoms with van der Waals surface area (Å²) in [5.41, 5.74) is 10.9. The standard InChI is InChI=1S/C8H16N2O/c1-6(7(9)11)4-5-8(2,3)10/h1,4-5,10H2,2-3H3,(H2,9,11). The lowest BCUT2D eigenvalue weighted by atomic mass is 9.97. The van der Waals surface area contributed by atoms with Crippen molar-refractivity contribution in [1.82, 2.24) is 0 Å². The highest BCUT2D eigenvalue weighted by Gasteiger charge is 2.12. The summed E-state index contributed by atoms with van der Waals surface area (Å²) in [6, 6.07) is 0. The number of nitrogens with two attached hydrogens (primary N) is 2. The second-order valence-corrected chi connectivity index (χ2v) is 3.46. The van der Waals surface area contributed by atoms with Crippen LogP contribution in [0.5, 0.6) is 0 Å². The molecule has 0 bridgehead atoms. The molecule has 11 heavy (non-hydrogen) atoms. The summed E-state index contributed by atoms with van der Waals surface area (Å²) in [5, 5.41) is 0. The lowest BCUT2D eigenvalue weighted by molar-refractivity contribution is -0.114. The third-order valence-corrected chi connectivity index (χ3v) is 1.42. The van der Waals surface area contributed by atoms with Gasteiger partial charge in [0, 0.05) is 11.1 Å². The van der Waals surface area contributed by atoms with Crippen LogP contribution >= 0.6 is 0 Å². The van der Waals surface area contributed by atoms with Crippen molar-refractivity contribution in [1.29, 1.82) is 0 Å². The molecule has 0 aromatic rings. The van der Waals surface area contributed by atoms with E-state index in [0.29, 0.717) is 12.0 Å². The molecule has 0 aliphatic rings. The number of hydrogen-bond donors (Lipinski definition) is 2. The van der Waals surface area contributed by atoms with Crippen molar-refractivity contribution < 1.29 is 4.79 Å². The van der Waals surface area contributed by atoms with Gasteiger partial charge in [0.1, 0.15) is 0 Å². The van der Waals surface area contributed by atoms with Crippen LogP contribution in [0.15, 0.2) is 12.2 Å². The monoisotopic (exact) mass is 156 g/mol. The third kappa shape index (κ3) is 5.61. The zero-order valence-corrected chi connectivity index (χ0v) is 7.18. The molecule has 0 aromatic carbocycles. The SMILES string of the molecule is C=C(CCC(C)(C)N)C(N)=O. The van der Waals surface area contributed by atoms with Crippen molar-refractivity contribution >= 4 is 5.91 Å². The highest BCUT2D eigenvalue weighted by atomic mass is 16.1. The summed E-state index contributed by atoms with van der Waals surface area (Å²) >= 11 is 0. The molecule has 0 unspecified atom stereocenters. The van der Waals surface area contributed by atoms with E-state index >= 15 is 0 Å². The predicted octanol–water partition coefficient (Wildman–Crippen LogP) is 0.545. The van der Waals surface area contributed by atoms with E-state index in [4.69, 9.17) is 11.5 Å². The molecule has 0 aliphatic carbocycles. The number of carbonyl (C=O) groups excluding carboxylic acids is 1. The Morgan fingerprint density at radius 1 is 1.55 bits per heavy atom. The Morgan fingerprint density at radius 2 is 2.00 bits per heavy atom. The normalized spacial score (nSPS) is 11.2. The Bertz CT molecular complexity index is 167. The average Bonchev–Trinajstić information content (AvgIpc) is 1.80. The Balaban J connectivity index is 3.73. The second-order valence-electron chi connectivity index (χ2n) is 3.46. The number of rotatable bonds is 4. The van der Waals surface area contributed by atoms with E-state index < -0.39 is 5.91 Å². The van der Waals surface area contributed by atoms with E-state index in [-0.39, 0.29) is 5.54 Å². The fourth-order valence-electron chi connectivity index (χ4n) is 0.596. The number of carbonyl (C=O) groups is 1. The van der Waals surface area contributed by atoms with Crippen molar-refractivity contribution in [2.24, 2.45) is 11.5 Å². The van der Waals surface area contributed by atoms with Crippen LogP contribution in [0.4, 0.5) is 0 Å². The van der Waals surface area contributed by atoms with Gasteiger partial charge in [0.25, 0.3) is 0 Å². The molecule has 64 valence electrons. The minimum absolute atomic E-state index is 0.252. The van der Waals surface area contributed by atoms with Crippen LogP contribution in [-0.4, -0.2) is 11.4 Å². The Kier molecular flexibility index (Phi) is 3.26. The number of primary amides is 1. The smallest absolute Gasteiger partial charge is 0.244 e. The second kappa shape index (κ2) is 3.53. The maximum absolute atomic E-state index is 10.5. The van der Waals surface area contributed by atoms with Gasteiger partial charge >= 0.3 is 0 Å². The number of amides is 1. The van der Waals surface area contributed by atoms with Crippen LogP contribution < -0.4 is 11.5 Å². The fourth-order valence-corrected chi connectivity index (χ4v) is 0.596. The quantitative estimate of drug-likeness (QED) is 0.583. The maximum Gasteiger partial charge on any atom is 0.244 e. The summed E-state index contributed by atoms with van der Waals surface area (Å²) in [7, 11) is 0. The zero-order valence-electron chi connectivity index (χ0n) is 7.18. The van der Waals surface area contributed by atoms with Crippen molar-refractivity contribution in [3.05, 3.63) is 12.2 Å². The minimum Gasteiger partial charge on any atom is -0.366 e. The topological polar surface area (TPSA) is 69.1 Å². The van der Waals surface area contributed by atoms with Gasteiger partial charge in [-0.1, -0.05) is 6.58 Å². The molecule has 0 spiro atoms. The van der Waals surface area contributed by atoms with Crippen LogP contribution in [0, 0.1) is 0 Å². The van der Waals surface area contributed by atoms with Gasteiger partial charge in [-0.3, -0.25) is 4.79 Å². The van der Waals surface area contributed by atoms with Crippen molar-refractivity contribution in [3.63, 3.8) is 0 Å². The molecule has 1 amide bonds. The molecule has 0 rings (SSSR count). The molecule has 0 saturated heterocycles. The van der Waals surface area contributed by atoms with E-state index in [0.717, 1.165) is 6.42 Å². The van der Waals surface area contributed by atoms with Gasteiger partial charge < -0.3 is 11.5 Å². The van der Waals surface area contributed by atoms with E-state index in [1.807, 2.05) is 13.8 Å². The highest BCUT2D eigenvalue weighted by molar-refractivity contribution is 5.91. The average molecular weight is 156 g/mol. The van der Waals surface area contributed by atoms with Crippen LogP contribution in [0.1, 0.15) is 26.7 Å². The Hall–Kier alpha value is -0.830. The molecule has 0 aromatic heterocycles. The largest absolute Gasteiger partial charge is 0.366 e. The summed E-state index contributed by atoms with van der Waals surface area (Å²) in [6.45, 7) is 7.34. The molecule has 0 heterocycles. The Morgan fingerprint density at radius 3 is 2.27 bits per heavy atom. The van der Waals surface area contributed by atoms with Gasteiger partial charge in [0.2, 0.25) is 5.91 Å². The van der Waals surface area contributed by atoms with Crippen LogP contribution in [-0.2, 0) is 4.79 Å². The van der Waals surface area contributed by atoms with Gasteiger partial charge in [-0.05, 0) is 26.7 Å². The lowest BCUT2D eigenvalue weighted by Crippen LogP contribution is -2.32. The van der Waals surface area contributed by atoms with Crippen LogP contribution in [0.2, 0.25) is 0 Å². The van der Waals surface area contributed by atoms with Crippen molar-refractivity contribution in [3.8, 4) is 0 Å². The summed E-state index contributed by atoms with van der Waals surface area (Å²) in [6.07, 6.45) is 1.31. The summed E-state index contributed by atoms with van der Waals surface area (Å²) in [4.78, 5) is 10.5. The van der Waals surface area contributed by atoms with Gasteiger partial charge in [-0.25, -0.2) is 0 Å². The molecule has 0 radical (unpaired) electrons. The van der Waals surface area contributed by atoms with E-state index in [1.54, 1.807) is 0 Å². The molecule has 3 heteroatoms. The van der Waals surface area contributed by atoms with Crippen molar-refractivity contribution in [2.45, 2.75) is 32.2 Å². The summed E-state index contributed by atoms with van der Waals surface area (Å²) < 4.78 is 0. The molecule has 4 N–H and O–H groups in total. The van der Waals surface area contributed by atoms with Crippen molar-refractivity contribution in [2.75, 3.05) is 0 Å². The molecular weight excluding hydrogens is 140 g/mol. The van der Waals surface area contributed by atoms with Gasteiger partial charge in [0.05, 0.1) is 0 Å². The maximum atomic E-state index is 10.5. The number of hydrogen-bond acceptors (Lipinski definition) is 2. The first-order valence-corrected chi connectivity index (χ1v) is 3.59. The minimum atomic E-state index is -0.436. The first-order valence-electron chi connectivity index (χ1n) is 3.59. The van der Waals surface area contributed by atoms with Gasteiger partial charge in [-0.2, -0.15) is 0 Å².